The fourth-order valence-electron chi connectivity index (χ4n) is 2.44. The first-order valence-corrected chi connectivity index (χ1v) is 5.94. The van der Waals surface area contributed by atoms with Gasteiger partial charge in [0, 0.05) is 19.0 Å². The lowest BCUT2D eigenvalue weighted by molar-refractivity contribution is -0.137. The summed E-state index contributed by atoms with van der Waals surface area (Å²) in [5, 5.41) is 0. The number of likely N-dealkylation sites (N-methyl/N-ethyl adjacent to an activating group) is 1. The number of halogens is 1. The molecule has 0 bridgehead atoms. The molecule has 2 atom stereocenters. The van der Waals surface area contributed by atoms with Gasteiger partial charge in [-0.1, -0.05) is 12.1 Å². The van der Waals surface area contributed by atoms with Crippen LogP contribution in [0.5, 0.6) is 0 Å². The molecule has 2 unspecified atom stereocenters. The first-order chi connectivity index (χ1) is 8.13. The molecule has 2 N–H and O–H groups in total. The topological polar surface area (TPSA) is 46.3 Å². The van der Waals surface area contributed by atoms with Crippen LogP contribution in [0.1, 0.15) is 31.4 Å². The van der Waals surface area contributed by atoms with Crippen molar-refractivity contribution in [2.45, 2.75) is 31.8 Å². The van der Waals surface area contributed by atoms with E-state index in [-0.39, 0.29) is 23.8 Å². The monoisotopic (exact) mass is 236 g/mol. The molecule has 2 rings (SSSR count). The highest BCUT2D eigenvalue weighted by atomic mass is 19.1. The van der Waals surface area contributed by atoms with E-state index >= 15 is 0 Å². The molecule has 92 valence electrons. The van der Waals surface area contributed by atoms with Crippen molar-refractivity contribution >= 4 is 5.91 Å². The van der Waals surface area contributed by atoms with Crippen molar-refractivity contribution in [1.29, 1.82) is 0 Å². The van der Waals surface area contributed by atoms with Crippen LogP contribution in [-0.4, -0.2) is 23.4 Å². The van der Waals surface area contributed by atoms with Gasteiger partial charge in [0.15, 0.2) is 0 Å². The standard InChI is InChI=1S/C13H17FN2O/c1-2-16-12(17)8-7-11(15)13(16)9-3-5-10(14)6-4-9/h3-6,11,13H,2,7-8,15H2,1H3. The second kappa shape index (κ2) is 4.84. The summed E-state index contributed by atoms with van der Waals surface area (Å²) in [5.41, 5.74) is 7.00. The number of rotatable bonds is 2. The van der Waals surface area contributed by atoms with E-state index in [0.717, 1.165) is 5.56 Å². The van der Waals surface area contributed by atoms with Gasteiger partial charge in [0.2, 0.25) is 5.91 Å². The summed E-state index contributed by atoms with van der Waals surface area (Å²) < 4.78 is 12.9. The van der Waals surface area contributed by atoms with Crippen molar-refractivity contribution in [2.75, 3.05) is 6.54 Å². The first-order valence-electron chi connectivity index (χ1n) is 5.94. The van der Waals surface area contributed by atoms with Crippen LogP contribution in [0.3, 0.4) is 0 Å². The Labute approximate surface area is 100 Å². The molecule has 1 saturated heterocycles. The molecule has 1 fully saturated rings. The van der Waals surface area contributed by atoms with E-state index in [4.69, 9.17) is 5.73 Å². The predicted molar refractivity (Wildman–Crippen MR) is 63.7 cm³/mol. The van der Waals surface area contributed by atoms with Crippen LogP contribution in [0, 0.1) is 5.82 Å². The van der Waals surface area contributed by atoms with E-state index in [1.807, 2.05) is 6.92 Å². The molecule has 0 saturated carbocycles. The molecule has 17 heavy (non-hydrogen) atoms. The highest BCUT2D eigenvalue weighted by molar-refractivity contribution is 5.77. The molecule has 1 aliphatic heterocycles. The summed E-state index contributed by atoms with van der Waals surface area (Å²) in [4.78, 5) is 13.6. The lowest BCUT2D eigenvalue weighted by Crippen LogP contribution is -2.48. The highest BCUT2D eigenvalue weighted by Gasteiger charge is 2.33. The Morgan fingerprint density at radius 3 is 2.65 bits per heavy atom. The van der Waals surface area contributed by atoms with Crippen molar-refractivity contribution in [3.8, 4) is 0 Å². The van der Waals surface area contributed by atoms with Crippen molar-refractivity contribution in [3.05, 3.63) is 35.6 Å². The van der Waals surface area contributed by atoms with Crippen molar-refractivity contribution in [1.82, 2.24) is 4.90 Å². The largest absolute Gasteiger partial charge is 0.334 e. The van der Waals surface area contributed by atoms with Crippen LogP contribution in [-0.2, 0) is 4.79 Å². The lowest BCUT2D eigenvalue weighted by Gasteiger charge is -2.39. The van der Waals surface area contributed by atoms with Gasteiger partial charge in [0.25, 0.3) is 0 Å². The molecule has 1 heterocycles. The van der Waals surface area contributed by atoms with Crippen LogP contribution >= 0.6 is 0 Å². The van der Waals surface area contributed by atoms with Gasteiger partial charge in [0.1, 0.15) is 5.82 Å². The maximum Gasteiger partial charge on any atom is 0.223 e. The zero-order valence-corrected chi connectivity index (χ0v) is 9.90. The van der Waals surface area contributed by atoms with Gasteiger partial charge >= 0.3 is 0 Å². The average molecular weight is 236 g/mol. The Balaban J connectivity index is 2.32. The van der Waals surface area contributed by atoms with Crippen LogP contribution < -0.4 is 5.73 Å². The minimum atomic E-state index is -0.271. The number of nitrogens with two attached hydrogens (primary N) is 1. The number of hydrogen-bond acceptors (Lipinski definition) is 2. The summed E-state index contributed by atoms with van der Waals surface area (Å²) in [6.45, 7) is 2.57. The SMILES string of the molecule is CCN1C(=O)CCC(N)C1c1ccc(F)cc1. The quantitative estimate of drug-likeness (QED) is 0.851. The maximum absolute atomic E-state index is 12.9. The molecule has 0 spiro atoms. The number of amides is 1. The van der Waals surface area contributed by atoms with E-state index in [2.05, 4.69) is 0 Å². The van der Waals surface area contributed by atoms with Gasteiger partial charge in [-0.2, -0.15) is 0 Å². The molecule has 0 aliphatic carbocycles. The molecule has 0 radical (unpaired) electrons. The minimum absolute atomic E-state index is 0.0712. The van der Waals surface area contributed by atoms with Gasteiger partial charge in [-0.05, 0) is 31.0 Å². The van der Waals surface area contributed by atoms with Crippen LogP contribution in [0.4, 0.5) is 4.39 Å². The van der Waals surface area contributed by atoms with Gasteiger partial charge in [0.05, 0.1) is 6.04 Å². The molecule has 1 amide bonds. The Bertz CT molecular complexity index is 404. The number of likely N-dealkylation sites (tertiary alicyclic amines) is 1. The minimum Gasteiger partial charge on any atom is -0.334 e. The van der Waals surface area contributed by atoms with Crippen molar-refractivity contribution in [2.24, 2.45) is 5.73 Å². The number of hydrogen-bond donors (Lipinski definition) is 1. The van der Waals surface area contributed by atoms with Gasteiger partial charge < -0.3 is 10.6 Å². The maximum atomic E-state index is 12.9. The normalized spacial score (nSPS) is 25.1. The Morgan fingerprint density at radius 2 is 2.06 bits per heavy atom. The number of nitrogens with zero attached hydrogens (tertiary/aromatic N) is 1. The summed E-state index contributed by atoms with van der Waals surface area (Å²) in [7, 11) is 0. The molecule has 1 aromatic carbocycles. The fraction of sp³-hybridized carbons (Fsp3) is 0.462. The van der Waals surface area contributed by atoms with Gasteiger partial charge in [-0.3, -0.25) is 4.79 Å². The number of piperidine rings is 1. The molecule has 0 aromatic heterocycles. The highest BCUT2D eigenvalue weighted by Crippen LogP contribution is 2.30. The third-order valence-corrected chi connectivity index (χ3v) is 3.31. The van der Waals surface area contributed by atoms with Gasteiger partial charge in [-0.15, -0.1) is 0 Å². The van der Waals surface area contributed by atoms with Crippen LogP contribution in [0.15, 0.2) is 24.3 Å². The molecule has 4 heteroatoms. The third kappa shape index (κ3) is 2.31. The summed E-state index contributed by atoms with van der Waals surface area (Å²) in [5.74, 6) is -0.143. The molecular weight excluding hydrogens is 219 g/mol. The summed E-state index contributed by atoms with van der Waals surface area (Å²) in [6, 6.07) is 6.05. The molecule has 1 aromatic rings. The Morgan fingerprint density at radius 1 is 1.41 bits per heavy atom. The summed E-state index contributed by atoms with van der Waals surface area (Å²) in [6.07, 6.45) is 1.20. The second-order valence-electron chi connectivity index (χ2n) is 4.38. The average Bonchev–Trinajstić information content (AvgIpc) is 2.33. The Kier molecular flexibility index (Phi) is 3.43. The van der Waals surface area contributed by atoms with Gasteiger partial charge in [-0.25, -0.2) is 4.39 Å². The number of carbonyl (C=O) groups excluding carboxylic acids is 1. The number of benzene rings is 1. The van der Waals surface area contributed by atoms with E-state index in [1.165, 1.54) is 12.1 Å². The number of carbonyl (C=O) groups is 1. The van der Waals surface area contributed by atoms with E-state index in [1.54, 1.807) is 17.0 Å². The zero-order valence-electron chi connectivity index (χ0n) is 9.90. The fourth-order valence-corrected chi connectivity index (χ4v) is 2.44. The van der Waals surface area contributed by atoms with Crippen molar-refractivity contribution < 1.29 is 9.18 Å². The molecular formula is C13H17FN2O. The first kappa shape index (κ1) is 12.0. The van der Waals surface area contributed by atoms with Crippen LogP contribution in [0.25, 0.3) is 0 Å². The summed E-state index contributed by atoms with van der Waals surface area (Å²) >= 11 is 0. The second-order valence-corrected chi connectivity index (χ2v) is 4.38. The smallest absolute Gasteiger partial charge is 0.223 e. The zero-order chi connectivity index (χ0) is 12.4. The molecule has 3 nitrogen and oxygen atoms in total. The Hall–Kier alpha value is -1.42. The van der Waals surface area contributed by atoms with E-state index in [0.29, 0.717) is 19.4 Å². The van der Waals surface area contributed by atoms with Crippen LogP contribution in [0.2, 0.25) is 0 Å². The lowest BCUT2D eigenvalue weighted by atomic mass is 9.90. The van der Waals surface area contributed by atoms with E-state index < -0.39 is 0 Å². The molecule has 1 aliphatic rings. The van der Waals surface area contributed by atoms with E-state index in [9.17, 15) is 9.18 Å². The predicted octanol–water partition coefficient (Wildman–Crippen LogP) is 1.84. The third-order valence-electron chi connectivity index (χ3n) is 3.31. The van der Waals surface area contributed by atoms with Crippen molar-refractivity contribution in [3.63, 3.8) is 0 Å².